The average molecular weight is 313 g/mol. The van der Waals surface area contributed by atoms with Crippen LogP contribution in [0, 0.1) is 0 Å². The van der Waals surface area contributed by atoms with Gasteiger partial charge in [-0.2, -0.15) is 0 Å². The van der Waals surface area contributed by atoms with Gasteiger partial charge in [0.05, 0.1) is 20.8 Å². The van der Waals surface area contributed by atoms with Crippen LogP contribution in [-0.4, -0.2) is 39.0 Å². The second-order valence-corrected chi connectivity index (χ2v) is 4.83. The van der Waals surface area contributed by atoms with Crippen molar-refractivity contribution in [3.05, 3.63) is 0 Å². The number of hydrogen-bond donors (Lipinski definition) is 5. The van der Waals surface area contributed by atoms with Gasteiger partial charge in [0.2, 0.25) is 0 Å². The van der Waals surface area contributed by atoms with Gasteiger partial charge in [-0.3, -0.25) is 19.8 Å². The molecule has 0 unspecified atom stereocenters. The Bertz CT molecular complexity index is 346. The largest absolute Gasteiger partial charge is 0.450 e. The van der Waals surface area contributed by atoms with Crippen molar-refractivity contribution >= 4 is 25.7 Å². The lowest BCUT2D eigenvalue weighted by Gasteiger charge is -2.20. The van der Waals surface area contributed by atoms with Crippen LogP contribution < -0.4 is 26.2 Å². The first-order valence-electron chi connectivity index (χ1n) is 5.14. The van der Waals surface area contributed by atoms with Gasteiger partial charge in [-0.15, -0.1) is 0 Å². The molecule has 0 aliphatic heterocycles. The highest BCUT2D eigenvalue weighted by Crippen LogP contribution is 2.30. The number of carbonyl (C=O) groups excluding carboxylic acids is 3. The van der Waals surface area contributed by atoms with Crippen LogP contribution in [-0.2, 0) is 19.0 Å². The minimum Gasteiger partial charge on any atom is -0.450 e. The van der Waals surface area contributed by atoms with Crippen LogP contribution in [0.5, 0.6) is 0 Å². The highest BCUT2D eigenvalue weighted by Gasteiger charge is 2.30. The minimum atomic E-state index is -4.19. The fraction of sp³-hybridized carbons (Fsp3) is 0.571. The van der Waals surface area contributed by atoms with Gasteiger partial charge in [0.25, 0.3) is 0 Å². The van der Waals surface area contributed by atoms with Crippen molar-refractivity contribution in [3.8, 4) is 0 Å². The van der Waals surface area contributed by atoms with E-state index in [9.17, 15) is 18.9 Å². The molecule has 0 fully saturated rings. The molecule has 5 N–H and O–H groups in total. The Morgan fingerprint density at radius 2 is 1.40 bits per heavy atom. The second-order valence-electron chi connectivity index (χ2n) is 2.94. The molecule has 116 valence electrons. The predicted octanol–water partition coefficient (Wildman–Crippen LogP) is -0.438. The molecular formula is C7H16N5O7P. The first-order valence-corrected chi connectivity index (χ1v) is 6.85. The number of hydroxylamine groups is 2. The van der Waals surface area contributed by atoms with Crippen LogP contribution in [0.3, 0.4) is 0 Å². The summed E-state index contributed by atoms with van der Waals surface area (Å²) in [6.45, 7) is 1.51. The van der Waals surface area contributed by atoms with Gasteiger partial charge in [-0.25, -0.2) is 35.0 Å². The van der Waals surface area contributed by atoms with E-state index >= 15 is 0 Å². The van der Waals surface area contributed by atoms with Gasteiger partial charge >= 0.3 is 25.7 Å². The summed E-state index contributed by atoms with van der Waals surface area (Å²) >= 11 is 0. The van der Waals surface area contributed by atoms with E-state index in [0.717, 1.165) is 14.2 Å². The molecule has 0 saturated heterocycles. The molecule has 0 bridgehead atoms. The van der Waals surface area contributed by atoms with E-state index < -0.39 is 25.7 Å². The van der Waals surface area contributed by atoms with Crippen LogP contribution in [0.1, 0.15) is 6.92 Å². The van der Waals surface area contributed by atoms with Crippen molar-refractivity contribution in [2.45, 2.75) is 6.92 Å². The number of ether oxygens (including phenoxy) is 1. The molecule has 0 heterocycles. The van der Waals surface area contributed by atoms with E-state index in [1.807, 2.05) is 15.3 Å². The Hall–Kier alpha value is -2.04. The summed E-state index contributed by atoms with van der Waals surface area (Å²) in [5.74, 6) is 0. The Morgan fingerprint density at radius 1 is 0.950 bits per heavy atom. The third-order valence-corrected chi connectivity index (χ3v) is 2.97. The number of carbonyl (C=O) groups is 3. The molecule has 0 aliphatic rings. The maximum absolute atomic E-state index is 12.2. The van der Waals surface area contributed by atoms with Gasteiger partial charge < -0.3 is 4.74 Å². The van der Waals surface area contributed by atoms with E-state index in [1.54, 1.807) is 11.0 Å². The molecule has 0 radical (unpaired) electrons. The maximum atomic E-state index is 12.2. The molecule has 0 aromatic rings. The summed E-state index contributed by atoms with van der Waals surface area (Å²) in [6, 6.07) is -2.13. The molecule has 0 aromatic heterocycles. The second kappa shape index (κ2) is 8.96. The summed E-state index contributed by atoms with van der Waals surface area (Å²) in [7, 11) is -1.92. The quantitative estimate of drug-likeness (QED) is 0.329. The molecule has 0 spiro atoms. The van der Waals surface area contributed by atoms with E-state index in [-0.39, 0.29) is 6.61 Å². The van der Waals surface area contributed by atoms with Crippen molar-refractivity contribution in [1.29, 1.82) is 0 Å². The predicted molar refractivity (Wildman–Crippen MR) is 65.1 cm³/mol. The SMILES string of the molecule is CCOC(=O)NP(=O)(NC(=O)NOC)NC(=O)NOC. The van der Waals surface area contributed by atoms with Crippen molar-refractivity contribution in [2.75, 3.05) is 20.8 Å². The van der Waals surface area contributed by atoms with E-state index in [0.29, 0.717) is 0 Å². The van der Waals surface area contributed by atoms with Crippen LogP contribution >= 0.6 is 7.59 Å². The monoisotopic (exact) mass is 313 g/mol. The molecule has 0 rings (SSSR count). The molecule has 0 saturated carbocycles. The fourth-order valence-electron chi connectivity index (χ4n) is 0.893. The lowest BCUT2D eigenvalue weighted by atomic mass is 10.9. The Morgan fingerprint density at radius 3 is 1.75 bits per heavy atom. The zero-order valence-electron chi connectivity index (χ0n) is 11.0. The minimum absolute atomic E-state index is 0.000365. The lowest BCUT2D eigenvalue weighted by molar-refractivity contribution is 0.108. The third kappa shape index (κ3) is 7.41. The van der Waals surface area contributed by atoms with Crippen LogP contribution in [0.15, 0.2) is 0 Å². The van der Waals surface area contributed by atoms with E-state index in [4.69, 9.17) is 0 Å². The first kappa shape index (κ1) is 18.0. The third-order valence-electron chi connectivity index (χ3n) is 1.43. The van der Waals surface area contributed by atoms with Crippen molar-refractivity contribution < 1.29 is 33.4 Å². The summed E-state index contributed by atoms with van der Waals surface area (Å²) in [5, 5.41) is 5.44. The number of hydrogen-bond acceptors (Lipinski definition) is 7. The summed E-state index contributed by atoms with van der Waals surface area (Å²) in [4.78, 5) is 42.2. The lowest BCUT2D eigenvalue weighted by Crippen LogP contribution is -2.46. The standard InChI is InChI=1S/C7H16N5O7P/c1-4-19-7(15)12-20(16,10-5(13)8-17-2)11-6(14)9-18-3/h4H2,1-3H3,(H5,8,9,10,11,12,13,14,15,16). The van der Waals surface area contributed by atoms with Gasteiger partial charge in [-0.1, -0.05) is 0 Å². The molecular weight excluding hydrogens is 297 g/mol. The number of urea groups is 2. The Kier molecular flexibility index (Phi) is 8.04. The zero-order valence-corrected chi connectivity index (χ0v) is 11.9. The topological polar surface area (TPSA) is 156 Å². The fourth-order valence-corrected chi connectivity index (χ4v) is 2.05. The zero-order chi connectivity index (χ0) is 15.6. The number of amides is 5. The Labute approximate surface area is 114 Å². The normalized spacial score (nSPS) is 10.2. The van der Waals surface area contributed by atoms with Crippen molar-refractivity contribution in [3.63, 3.8) is 0 Å². The molecule has 0 aliphatic carbocycles. The number of nitrogens with one attached hydrogen (secondary N) is 5. The van der Waals surface area contributed by atoms with Gasteiger partial charge in [0.15, 0.2) is 0 Å². The van der Waals surface area contributed by atoms with Gasteiger partial charge in [0, 0.05) is 0 Å². The summed E-state index contributed by atoms with van der Waals surface area (Å²) < 4.78 is 16.7. The summed E-state index contributed by atoms with van der Waals surface area (Å²) in [5.41, 5.74) is 3.59. The van der Waals surface area contributed by atoms with Crippen molar-refractivity contribution in [2.24, 2.45) is 0 Å². The molecule has 13 heteroatoms. The maximum Gasteiger partial charge on any atom is 0.415 e. The van der Waals surface area contributed by atoms with E-state index in [1.165, 1.54) is 6.92 Å². The Balaban J connectivity index is 4.83. The summed E-state index contributed by atoms with van der Waals surface area (Å²) in [6.07, 6.45) is -1.11. The number of rotatable bonds is 6. The molecule has 20 heavy (non-hydrogen) atoms. The molecule has 12 nitrogen and oxygen atoms in total. The van der Waals surface area contributed by atoms with Crippen LogP contribution in [0.2, 0.25) is 0 Å². The molecule has 5 amide bonds. The highest BCUT2D eigenvalue weighted by molar-refractivity contribution is 7.59. The van der Waals surface area contributed by atoms with Crippen LogP contribution in [0.25, 0.3) is 0 Å². The van der Waals surface area contributed by atoms with Crippen LogP contribution in [0.4, 0.5) is 14.4 Å². The molecule has 0 aromatic carbocycles. The van der Waals surface area contributed by atoms with Gasteiger partial charge in [-0.05, 0) is 6.92 Å². The molecule has 0 atom stereocenters. The van der Waals surface area contributed by atoms with E-state index in [2.05, 4.69) is 14.4 Å². The smallest absolute Gasteiger partial charge is 0.415 e. The average Bonchev–Trinajstić information content (AvgIpc) is 2.28. The highest BCUT2D eigenvalue weighted by atomic mass is 31.2. The van der Waals surface area contributed by atoms with Crippen molar-refractivity contribution in [1.82, 2.24) is 26.2 Å². The van der Waals surface area contributed by atoms with Gasteiger partial charge in [0.1, 0.15) is 0 Å². The first-order chi connectivity index (χ1) is 9.36.